The first-order valence-corrected chi connectivity index (χ1v) is 6.17. The van der Waals surface area contributed by atoms with Crippen molar-refractivity contribution in [2.45, 2.75) is 32.3 Å². The number of nitrogens with zero attached hydrogens (tertiary/aromatic N) is 1. The molecule has 2 heterocycles. The number of carbonyl (C=O) groups is 2. The van der Waals surface area contributed by atoms with Crippen LogP contribution >= 0.6 is 0 Å². The van der Waals surface area contributed by atoms with Gasteiger partial charge in [-0.25, -0.2) is 0 Å². The van der Waals surface area contributed by atoms with Crippen molar-refractivity contribution in [2.24, 2.45) is 11.8 Å². The molecule has 0 aromatic heterocycles. The predicted molar refractivity (Wildman–Crippen MR) is 60.1 cm³/mol. The van der Waals surface area contributed by atoms with Crippen molar-refractivity contribution in [2.75, 3.05) is 19.8 Å². The van der Waals surface area contributed by atoms with Gasteiger partial charge in [0.15, 0.2) is 0 Å². The third kappa shape index (κ3) is 2.84. The van der Waals surface area contributed by atoms with E-state index in [-0.39, 0.29) is 30.2 Å². The van der Waals surface area contributed by atoms with Gasteiger partial charge in [-0.2, -0.15) is 0 Å². The summed E-state index contributed by atoms with van der Waals surface area (Å²) >= 11 is 0. The van der Waals surface area contributed by atoms with Gasteiger partial charge in [-0.15, -0.1) is 0 Å². The third-order valence-corrected chi connectivity index (χ3v) is 3.53. The zero-order valence-corrected chi connectivity index (χ0v) is 10.1. The molecule has 2 fully saturated rings. The topological polar surface area (TPSA) is 66.8 Å². The van der Waals surface area contributed by atoms with E-state index in [1.54, 1.807) is 0 Å². The molecule has 1 N–H and O–H groups in total. The lowest BCUT2D eigenvalue weighted by Crippen LogP contribution is -2.47. The van der Waals surface area contributed by atoms with E-state index in [1.165, 1.54) is 4.90 Å². The largest absolute Gasteiger partial charge is 0.391 e. The molecule has 2 aliphatic rings. The maximum absolute atomic E-state index is 11.7. The number of aliphatic hydroxyl groups is 1. The summed E-state index contributed by atoms with van der Waals surface area (Å²) in [5.41, 5.74) is 0. The van der Waals surface area contributed by atoms with Crippen LogP contribution in [0.5, 0.6) is 0 Å². The van der Waals surface area contributed by atoms with Gasteiger partial charge in [-0.05, 0) is 12.3 Å². The van der Waals surface area contributed by atoms with E-state index in [0.29, 0.717) is 26.1 Å². The van der Waals surface area contributed by atoms with Crippen LogP contribution < -0.4 is 0 Å². The first kappa shape index (κ1) is 12.5. The Bertz CT molecular complexity index is 294. The van der Waals surface area contributed by atoms with Crippen LogP contribution in [0.25, 0.3) is 0 Å². The highest BCUT2D eigenvalue weighted by Crippen LogP contribution is 2.22. The van der Waals surface area contributed by atoms with Crippen LogP contribution in [-0.4, -0.2) is 47.7 Å². The lowest BCUT2D eigenvalue weighted by molar-refractivity contribution is -0.152. The zero-order valence-electron chi connectivity index (χ0n) is 10.1. The molecule has 96 valence electrons. The number of hydrogen-bond acceptors (Lipinski definition) is 4. The van der Waals surface area contributed by atoms with Crippen LogP contribution in [0, 0.1) is 11.8 Å². The number of imide groups is 1. The number of amides is 2. The highest BCUT2D eigenvalue weighted by atomic mass is 16.5. The van der Waals surface area contributed by atoms with E-state index >= 15 is 0 Å². The summed E-state index contributed by atoms with van der Waals surface area (Å²) < 4.78 is 5.19. The fourth-order valence-electron chi connectivity index (χ4n) is 2.42. The Hall–Kier alpha value is -0.940. The molecule has 0 aromatic rings. The molecule has 5 heteroatoms. The highest BCUT2D eigenvalue weighted by Gasteiger charge is 2.34. The first-order valence-electron chi connectivity index (χ1n) is 6.17. The molecule has 2 aliphatic heterocycles. The number of aliphatic hydroxyl groups excluding tert-OH is 1. The first-order chi connectivity index (χ1) is 8.08. The fraction of sp³-hybridized carbons (Fsp3) is 0.833. The van der Waals surface area contributed by atoms with Gasteiger partial charge in [0.25, 0.3) is 0 Å². The minimum Gasteiger partial charge on any atom is -0.391 e. The van der Waals surface area contributed by atoms with E-state index in [2.05, 4.69) is 0 Å². The third-order valence-electron chi connectivity index (χ3n) is 3.53. The molecule has 0 radical (unpaired) electrons. The molecule has 17 heavy (non-hydrogen) atoms. The van der Waals surface area contributed by atoms with Crippen molar-refractivity contribution in [3.05, 3.63) is 0 Å². The van der Waals surface area contributed by atoms with Crippen molar-refractivity contribution < 1.29 is 19.4 Å². The summed E-state index contributed by atoms with van der Waals surface area (Å²) in [6.07, 6.45) is 0.950. The van der Waals surface area contributed by atoms with E-state index < -0.39 is 6.10 Å². The molecule has 2 atom stereocenters. The van der Waals surface area contributed by atoms with Crippen molar-refractivity contribution >= 4 is 11.8 Å². The maximum atomic E-state index is 11.7. The summed E-state index contributed by atoms with van der Waals surface area (Å²) in [6.45, 7) is 3.20. The normalized spacial score (nSPS) is 28.8. The quantitative estimate of drug-likeness (QED) is 0.715. The minimum absolute atomic E-state index is 0.0509. The molecule has 0 saturated carbocycles. The Morgan fingerprint density at radius 1 is 1.41 bits per heavy atom. The minimum atomic E-state index is -0.654. The molecular formula is C12H19NO4. The lowest BCUT2D eigenvalue weighted by atomic mass is 9.95. The summed E-state index contributed by atoms with van der Waals surface area (Å²) in [6, 6.07) is 0. The van der Waals surface area contributed by atoms with Gasteiger partial charge in [0.1, 0.15) is 0 Å². The molecular weight excluding hydrogens is 222 g/mol. The molecule has 2 rings (SSSR count). The monoisotopic (exact) mass is 241 g/mol. The molecule has 0 aromatic carbocycles. The van der Waals surface area contributed by atoms with E-state index in [4.69, 9.17) is 4.74 Å². The summed E-state index contributed by atoms with van der Waals surface area (Å²) in [5, 5.41) is 9.98. The Labute approximate surface area is 101 Å². The van der Waals surface area contributed by atoms with Crippen LogP contribution in [0.1, 0.15) is 26.2 Å². The van der Waals surface area contributed by atoms with E-state index in [1.807, 2.05) is 6.92 Å². The second-order valence-electron chi connectivity index (χ2n) is 5.10. The van der Waals surface area contributed by atoms with Crippen molar-refractivity contribution in [1.82, 2.24) is 4.90 Å². The van der Waals surface area contributed by atoms with Gasteiger partial charge in [0, 0.05) is 25.4 Å². The Morgan fingerprint density at radius 2 is 2.06 bits per heavy atom. The van der Waals surface area contributed by atoms with Gasteiger partial charge in [-0.3, -0.25) is 14.5 Å². The van der Waals surface area contributed by atoms with Crippen molar-refractivity contribution in [1.29, 1.82) is 0 Å². The zero-order chi connectivity index (χ0) is 12.4. The molecule has 5 nitrogen and oxygen atoms in total. The Balaban J connectivity index is 1.92. The van der Waals surface area contributed by atoms with Crippen LogP contribution in [-0.2, 0) is 14.3 Å². The van der Waals surface area contributed by atoms with Crippen LogP contribution in [0.3, 0.4) is 0 Å². The second kappa shape index (κ2) is 5.14. The van der Waals surface area contributed by atoms with Gasteiger partial charge in [0.2, 0.25) is 11.8 Å². The molecule has 2 amide bonds. The Kier molecular flexibility index (Phi) is 3.79. The predicted octanol–water partition coefficient (Wildman–Crippen LogP) is 0.169. The van der Waals surface area contributed by atoms with Gasteiger partial charge in [0.05, 0.1) is 19.3 Å². The summed E-state index contributed by atoms with van der Waals surface area (Å²) in [4.78, 5) is 24.7. The molecule has 0 bridgehead atoms. The molecule has 0 spiro atoms. The smallest absolute Gasteiger partial charge is 0.229 e. The number of β-amino-alcohol motifs (C(OH)–C–C–N with tert-alkyl or cyclic N) is 1. The molecule has 2 unspecified atom stereocenters. The SMILES string of the molecule is CC1CC(=O)N(CC(O)C2CCOC2)C(=O)C1. The highest BCUT2D eigenvalue weighted by molar-refractivity contribution is 5.97. The van der Waals surface area contributed by atoms with E-state index in [9.17, 15) is 14.7 Å². The van der Waals surface area contributed by atoms with Gasteiger partial charge < -0.3 is 9.84 Å². The van der Waals surface area contributed by atoms with Crippen LogP contribution in [0.4, 0.5) is 0 Å². The molecule has 0 aliphatic carbocycles. The van der Waals surface area contributed by atoms with Gasteiger partial charge in [-0.1, -0.05) is 6.92 Å². The lowest BCUT2D eigenvalue weighted by Gasteiger charge is -2.31. The van der Waals surface area contributed by atoms with Crippen molar-refractivity contribution in [3.8, 4) is 0 Å². The summed E-state index contributed by atoms with van der Waals surface area (Å²) in [5.74, 6) is -0.147. The average molecular weight is 241 g/mol. The number of rotatable bonds is 3. The maximum Gasteiger partial charge on any atom is 0.229 e. The number of piperidine rings is 1. The average Bonchev–Trinajstić information content (AvgIpc) is 2.76. The van der Waals surface area contributed by atoms with Crippen LogP contribution in [0.2, 0.25) is 0 Å². The second-order valence-corrected chi connectivity index (χ2v) is 5.10. The van der Waals surface area contributed by atoms with Gasteiger partial charge >= 0.3 is 0 Å². The standard InChI is InChI=1S/C12H19NO4/c1-8-4-11(15)13(12(16)5-8)6-10(14)9-2-3-17-7-9/h8-10,14H,2-7H2,1H3. The Morgan fingerprint density at radius 3 is 2.59 bits per heavy atom. The number of carbonyl (C=O) groups excluding carboxylic acids is 2. The summed E-state index contributed by atoms with van der Waals surface area (Å²) in [7, 11) is 0. The number of hydrogen-bond donors (Lipinski definition) is 1. The van der Waals surface area contributed by atoms with Crippen LogP contribution in [0.15, 0.2) is 0 Å². The number of ether oxygens (including phenoxy) is 1. The molecule has 2 saturated heterocycles. The van der Waals surface area contributed by atoms with E-state index in [0.717, 1.165) is 6.42 Å². The fourth-order valence-corrected chi connectivity index (χ4v) is 2.42. The number of likely N-dealkylation sites (tertiary alicyclic amines) is 1. The van der Waals surface area contributed by atoms with Crippen molar-refractivity contribution in [3.63, 3.8) is 0 Å².